The van der Waals surface area contributed by atoms with Crippen LogP contribution in [0.1, 0.15) is 33.1 Å². The van der Waals surface area contributed by atoms with Gasteiger partial charge in [0.15, 0.2) is 0 Å². The van der Waals surface area contributed by atoms with Gasteiger partial charge in [0.25, 0.3) is 0 Å². The quantitative estimate of drug-likeness (QED) is 0.608. The van der Waals surface area contributed by atoms with E-state index < -0.39 is 0 Å². The normalized spacial score (nSPS) is 16.8. The van der Waals surface area contributed by atoms with Crippen molar-refractivity contribution in [2.45, 2.75) is 45.3 Å². The minimum atomic E-state index is -0.346. The Morgan fingerprint density at radius 2 is 1.80 bits per heavy atom. The van der Waals surface area contributed by atoms with E-state index in [1.807, 2.05) is 13.8 Å². The Hall–Kier alpha value is -0.0800. The molecule has 0 saturated carbocycles. The van der Waals surface area contributed by atoms with E-state index in [-0.39, 0.29) is 12.2 Å². The van der Waals surface area contributed by atoms with Crippen LogP contribution in [0.15, 0.2) is 0 Å². The zero-order valence-corrected chi connectivity index (χ0v) is 6.75. The summed E-state index contributed by atoms with van der Waals surface area (Å²) >= 11 is 0. The van der Waals surface area contributed by atoms with Crippen LogP contribution in [0.2, 0.25) is 0 Å². The summed E-state index contributed by atoms with van der Waals surface area (Å²) in [4.78, 5) is 0. The Labute approximate surface area is 62.9 Å². The van der Waals surface area contributed by atoms with Gasteiger partial charge in [0.05, 0.1) is 12.2 Å². The predicted molar refractivity (Wildman–Crippen MR) is 41.5 cm³/mol. The number of hydrogen-bond acceptors (Lipinski definition) is 2. The lowest BCUT2D eigenvalue weighted by atomic mass is 10.1. The zero-order valence-electron chi connectivity index (χ0n) is 6.75. The van der Waals surface area contributed by atoms with Crippen LogP contribution in [0.4, 0.5) is 0 Å². The summed E-state index contributed by atoms with van der Waals surface area (Å²) < 4.78 is 0. The van der Waals surface area contributed by atoms with E-state index in [0.29, 0.717) is 6.42 Å². The molecule has 0 rings (SSSR count). The van der Waals surface area contributed by atoms with Crippen molar-refractivity contribution in [3.63, 3.8) is 0 Å². The smallest absolute Gasteiger partial charge is 0.0570 e. The van der Waals surface area contributed by atoms with Gasteiger partial charge < -0.3 is 10.2 Å². The van der Waals surface area contributed by atoms with Crippen LogP contribution in [0.3, 0.4) is 0 Å². The fraction of sp³-hybridized carbons (Fsp3) is 0.875. The van der Waals surface area contributed by atoms with Crippen molar-refractivity contribution in [2.75, 3.05) is 0 Å². The van der Waals surface area contributed by atoms with E-state index in [1.54, 1.807) is 6.42 Å². The second kappa shape index (κ2) is 5.69. The second-order valence-corrected chi connectivity index (χ2v) is 2.51. The van der Waals surface area contributed by atoms with Crippen LogP contribution in [0.5, 0.6) is 0 Å². The van der Waals surface area contributed by atoms with Gasteiger partial charge in [-0.05, 0) is 25.7 Å². The molecule has 0 aromatic carbocycles. The Balaban J connectivity index is 3.17. The van der Waals surface area contributed by atoms with E-state index in [9.17, 15) is 0 Å². The Morgan fingerprint density at radius 3 is 2.20 bits per heavy atom. The molecule has 2 atom stereocenters. The van der Waals surface area contributed by atoms with Crippen molar-refractivity contribution in [3.05, 3.63) is 6.42 Å². The first kappa shape index (κ1) is 9.92. The molecule has 2 nitrogen and oxygen atoms in total. The second-order valence-electron chi connectivity index (χ2n) is 2.51. The maximum absolute atomic E-state index is 9.06. The lowest BCUT2D eigenvalue weighted by Crippen LogP contribution is -2.12. The third-order valence-corrected chi connectivity index (χ3v) is 1.57. The molecule has 0 heterocycles. The molecule has 0 saturated heterocycles. The molecule has 1 radical (unpaired) electrons. The Kier molecular flexibility index (Phi) is 5.64. The molecule has 2 unspecified atom stereocenters. The molecule has 61 valence electrons. The zero-order chi connectivity index (χ0) is 7.98. The Morgan fingerprint density at radius 1 is 1.20 bits per heavy atom. The fourth-order valence-corrected chi connectivity index (χ4v) is 0.647. The molecular weight excluding hydrogens is 128 g/mol. The first-order valence-corrected chi connectivity index (χ1v) is 3.90. The van der Waals surface area contributed by atoms with E-state index in [2.05, 4.69) is 0 Å². The average Bonchev–Trinajstić information content (AvgIpc) is 1.99. The van der Waals surface area contributed by atoms with Gasteiger partial charge in [0.1, 0.15) is 0 Å². The van der Waals surface area contributed by atoms with Gasteiger partial charge in [-0.15, -0.1) is 0 Å². The molecule has 2 N–H and O–H groups in total. The average molecular weight is 145 g/mol. The highest BCUT2D eigenvalue weighted by Gasteiger charge is 2.05. The fourth-order valence-electron chi connectivity index (χ4n) is 0.647. The molecule has 0 aromatic rings. The summed E-state index contributed by atoms with van der Waals surface area (Å²) in [6.45, 7) is 3.84. The highest BCUT2D eigenvalue weighted by molar-refractivity contribution is 4.76. The van der Waals surface area contributed by atoms with Crippen LogP contribution in [0, 0.1) is 6.42 Å². The molecule has 2 heteroatoms. The van der Waals surface area contributed by atoms with Gasteiger partial charge in [0, 0.05) is 0 Å². The van der Waals surface area contributed by atoms with E-state index in [4.69, 9.17) is 10.2 Å². The van der Waals surface area contributed by atoms with Crippen molar-refractivity contribution >= 4 is 0 Å². The molecule has 0 amide bonds. The minimum absolute atomic E-state index is 0.277. The molecule has 0 bridgehead atoms. The first-order valence-electron chi connectivity index (χ1n) is 3.90. The van der Waals surface area contributed by atoms with Gasteiger partial charge in [-0.2, -0.15) is 0 Å². The highest BCUT2D eigenvalue weighted by atomic mass is 16.3. The lowest BCUT2D eigenvalue weighted by molar-refractivity contribution is 0.144. The standard InChI is InChI=1S/C8H17O2/c1-3-7(9)5-6-8(10)4-2/h5,7-10H,3-4,6H2,1-2H3. The van der Waals surface area contributed by atoms with Crippen LogP contribution < -0.4 is 0 Å². The van der Waals surface area contributed by atoms with Crippen LogP contribution in [-0.4, -0.2) is 22.4 Å². The Bertz CT molecular complexity index is 63.7. The van der Waals surface area contributed by atoms with E-state index >= 15 is 0 Å². The minimum Gasteiger partial charge on any atom is -0.393 e. The third kappa shape index (κ3) is 4.77. The van der Waals surface area contributed by atoms with Crippen molar-refractivity contribution in [3.8, 4) is 0 Å². The molecule has 0 aliphatic heterocycles. The summed E-state index contributed by atoms with van der Waals surface area (Å²) in [5, 5.41) is 18.1. The topological polar surface area (TPSA) is 40.5 Å². The van der Waals surface area contributed by atoms with Crippen molar-refractivity contribution in [2.24, 2.45) is 0 Å². The SMILES string of the molecule is CCC(O)[CH]CC(O)CC. The molecule has 0 spiro atoms. The van der Waals surface area contributed by atoms with Crippen molar-refractivity contribution < 1.29 is 10.2 Å². The maximum atomic E-state index is 9.06. The molecule has 0 fully saturated rings. The number of hydrogen-bond donors (Lipinski definition) is 2. The van der Waals surface area contributed by atoms with Crippen LogP contribution >= 0.6 is 0 Å². The van der Waals surface area contributed by atoms with Gasteiger partial charge in [-0.3, -0.25) is 0 Å². The number of aliphatic hydroxyl groups excluding tert-OH is 2. The molecule has 10 heavy (non-hydrogen) atoms. The van der Waals surface area contributed by atoms with Crippen molar-refractivity contribution in [1.82, 2.24) is 0 Å². The van der Waals surface area contributed by atoms with Gasteiger partial charge in [0.2, 0.25) is 0 Å². The van der Waals surface area contributed by atoms with Crippen molar-refractivity contribution in [1.29, 1.82) is 0 Å². The van der Waals surface area contributed by atoms with Crippen LogP contribution in [0.25, 0.3) is 0 Å². The third-order valence-electron chi connectivity index (χ3n) is 1.57. The first-order chi connectivity index (χ1) is 4.70. The monoisotopic (exact) mass is 145 g/mol. The summed E-state index contributed by atoms with van der Waals surface area (Å²) in [6, 6.07) is 0. The van der Waals surface area contributed by atoms with Gasteiger partial charge in [-0.1, -0.05) is 13.8 Å². The van der Waals surface area contributed by atoms with Gasteiger partial charge >= 0.3 is 0 Å². The summed E-state index contributed by atoms with van der Waals surface area (Å²) in [6.07, 6.45) is 3.23. The highest BCUT2D eigenvalue weighted by Crippen LogP contribution is 2.04. The van der Waals surface area contributed by atoms with Crippen LogP contribution in [-0.2, 0) is 0 Å². The van der Waals surface area contributed by atoms with E-state index in [0.717, 1.165) is 12.8 Å². The summed E-state index contributed by atoms with van der Waals surface area (Å²) in [5.74, 6) is 0. The van der Waals surface area contributed by atoms with E-state index in [1.165, 1.54) is 0 Å². The van der Waals surface area contributed by atoms with Gasteiger partial charge in [-0.25, -0.2) is 0 Å². The number of rotatable bonds is 5. The summed E-state index contributed by atoms with van der Waals surface area (Å²) in [7, 11) is 0. The number of aliphatic hydroxyl groups is 2. The molecule has 0 aliphatic rings. The molecule has 0 aromatic heterocycles. The largest absolute Gasteiger partial charge is 0.393 e. The predicted octanol–water partition coefficient (Wildman–Crippen LogP) is 1.12. The molecule has 0 aliphatic carbocycles. The summed E-state index contributed by atoms with van der Waals surface area (Å²) in [5.41, 5.74) is 0. The lowest BCUT2D eigenvalue weighted by Gasteiger charge is -2.09. The maximum Gasteiger partial charge on any atom is 0.0570 e. The molecular formula is C8H17O2.